The lowest BCUT2D eigenvalue weighted by Gasteiger charge is -2.14. The molecule has 0 spiro atoms. The van der Waals surface area contributed by atoms with Crippen LogP contribution in [-0.4, -0.2) is 38.9 Å². The van der Waals surface area contributed by atoms with Crippen molar-refractivity contribution in [3.8, 4) is 5.75 Å². The molecule has 0 bridgehead atoms. The monoisotopic (exact) mass is 507 g/mol. The Kier molecular flexibility index (Phi) is 8.60. The number of hydrogen-bond donors (Lipinski definition) is 2. The number of aromatic nitrogens is 3. The zero-order valence-corrected chi connectivity index (χ0v) is 20.6. The SMILES string of the molecule is CCOc1ccc(NC(=O)CSc2nnc([C@H](C)NC(=O)c3ccc(Cl)c(Cl)c3)n2C)cc1. The summed E-state index contributed by atoms with van der Waals surface area (Å²) in [6.45, 7) is 4.29. The average molecular weight is 508 g/mol. The quantitative estimate of drug-likeness (QED) is 0.405. The standard InChI is InChI=1S/C22H23Cl2N5O3S/c1-4-32-16-8-6-15(7-9-16)26-19(30)12-33-22-28-27-20(29(22)3)13(2)25-21(31)14-5-10-17(23)18(24)11-14/h5-11,13H,4,12H2,1-3H3,(H,25,31)(H,26,30)/t13-/m0/s1. The van der Waals surface area contributed by atoms with Crippen LogP contribution in [0.2, 0.25) is 10.0 Å². The van der Waals surface area contributed by atoms with Gasteiger partial charge in [0.15, 0.2) is 11.0 Å². The summed E-state index contributed by atoms with van der Waals surface area (Å²) in [7, 11) is 1.78. The lowest BCUT2D eigenvalue weighted by molar-refractivity contribution is -0.113. The highest BCUT2D eigenvalue weighted by molar-refractivity contribution is 7.99. The topological polar surface area (TPSA) is 98.1 Å². The maximum atomic E-state index is 12.5. The highest BCUT2D eigenvalue weighted by Crippen LogP contribution is 2.24. The molecule has 2 N–H and O–H groups in total. The number of carbonyl (C=O) groups is 2. The van der Waals surface area contributed by atoms with Crippen molar-refractivity contribution in [2.45, 2.75) is 25.0 Å². The first-order valence-electron chi connectivity index (χ1n) is 10.1. The van der Waals surface area contributed by atoms with Crippen LogP contribution >= 0.6 is 35.0 Å². The van der Waals surface area contributed by atoms with Gasteiger partial charge >= 0.3 is 0 Å². The molecule has 0 fully saturated rings. The Labute approximate surface area is 206 Å². The van der Waals surface area contributed by atoms with Crippen molar-refractivity contribution in [3.63, 3.8) is 0 Å². The smallest absolute Gasteiger partial charge is 0.251 e. The van der Waals surface area contributed by atoms with E-state index in [0.29, 0.717) is 38.9 Å². The second kappa shape index (κ2) is 11.4. The normalized spacial score (nSPS) is 11.7. The number of thioether (sulfide) groups is 1. The van der Waals surface area contributed by atoms with Gasteiger partial charge in [0, 0.05) is 18.3 Å². The number of rotatable bonds is 9. The number of anilines is 1. The molecule has 2 aromatic carbocycles. The third kappa shape index (κ3) is 6.63. The van der Waals surface area contributed by atoms with Crippen LogP contribution in [0.25, 0.3) is 0 Å². The molecule has 1 aromatic heterocycles. The molecule has 0 saturated heterocycles. The van der Waals surface area contributed by atoms with Crippen molar-refractivity contribution in [2.75, 3.05) is 17.7 Å². The number of nitrogens with zero attached hydrogens (tertiary/aromatic N) is 3. The van der Waals surface area contributed by atoms with Crippen molar-refractivity contribution >= 4 is 52.5 Å². The van der Waals surface area contributed by atoms with E-state index in [2.05, 4.69) is 20.8 Å². The van der Waals surface area contributed by atoms with Crippen molar-refractivity contribution in [2.24, 2.45) is 7.05 Å². The Morgan fingerprint density at radius 2 is 1.85 bits per heavy atom. The van der Waals surface area contributed by atoms with Gasteiger partial charge in [0.05, 0.1) is 28.4 Å². The summed E-state index contributed by atoms with van der Waals surface area (Å²) >= 11 is 13.1. The minimum absolute atomic E-state index is 0.156. The summed E-state index contributed by atoms with van der Waals surface area (Å²) in [5.74, 6) is 0.973. The van der Waals surface area contributed by atoms with Crippen molar-refractivity contribution < 1.29 is 14.3 Å². The van der Waals surface area contributed by atoms with Gasteiger partial charge in [0.2, 0.25) is 5.91 Å². The second-order valence-electron chi connectivity index (χ2n) is 7.02. The van der Waals surface area contributed by atoms with Crippen LogP contribution in [0, 0.1) is 0 Å². The minimum atomic E-state index is -0.420. The van der Waals surface area contributed by atoms with Gasteiger partial charge in [0.1, 0.15) is 5.75 Å². The van der Waals surface area contributed by atoms with Crippen LogP contribution < -0.4 is 15.4 Å². The number of hydrogen-bond acceptors (Lipinski definition) is 6. The Bertz CT molecular complexity index is 1140. The van der Waals surface area contributed by atoms with Crippen LogP contribution in [0.3, 0.4) is 0 Å². The molecule has 0 aliphatic carbocycles. The molecule has 0 aliphatic heterocycles. The molecular weight excluding hydrogens is 485 g/mol. The van der Waals surface area contributed by atoms with Gasteiger partial charge in [-0.15, -0.1) is 10.2 Å². The number of halogens is 2. The van der Waals surface area contributed by atoms with Crippen LogP contribution in [0.5, 0.6) is 5.75 Å². The summed E-state index contributed by atoms with van der Waals surface area (Å²) < 4.78 is 7.14. The molecule has 0 unspecified atom stereocenters. The zero-order chi connectivity index (χ0) is 24.0. The second-order valence-corrected chi connectivity index (χ2v) is 8.77. The predicted octanol–water partition coefficient (Wildman–Crippen LogP) is 4.74. The first kappa shape index (κ1) is 24.9. The molecule has 0 aliphatic rings. The van der Waals surface area contributed by atoms with E-state index in [1.807, 2.05) is 6.92 Å². The summed E-state index contributed by atoms with van der Waals surface area (Å²) in [6, 6.07) is 11.4. The third-order valence-corrected chi connectivity index (χ3v) is 6.33. The zero-order valence-electron chi connectivity index (χ0n) is 18.3. The molecule has 2 amide bonds. The van der Waals surface area contributed by atoms with E-state index in [9.17, 15) is 9.59 Å². The van der Waals surface area contributed by atoms with Crippen LogP contribution in [0.4, 0.5) is 5.69 Å². The van der Waals surface area contributed by atoms with Crippen LogP contribution in [0.15, 0.2) is 47.6 Å². The first-order chi connectivity index (χ1) is 15.8. The maximum Gasteiger partial charge on any atom is 0.251 e. The van der Waals surface area contributed by atoms with E-state index < -0.39 is 6.04 Å². The van der Waals surface area contributed by atoms with Gasteiger partial charge in [-0.1, -0.05) is 35.0 Å². The van der Waals surface area contributed by atoms with E-state index in [0.717, 1.165) is 5.75 Å². The Morgan fingerprint density at radius 3 is 2.52 bits per heavy atom. The fourth-order valence-corrected chi connectivity index (χ4v) is 3.96. The van der Waals surface area contributed by atoms with Gasteiger partial charge in [0.25, 0.3) is 5.91 Å². The Balaban J connectivity index is 1.55. The minimum Gasteiger partial charge on any atom is -0.494 e. The Hall–Kier alpha value is -2.75. The lowest BCUT2D eigenvalue weighted by Crippen LogP contribution is -2.28. The fraction of sp³-hybridized carbons (Fsp3) is 0.273. The summed E-state index contributed by atoms with van der Waals surface area (Å²) in [5, 5.41) is 15.2. The number of carbonyl (C=O) groups excluding carboxylic acids is 2. The molecule has 33 heavy (non-hydrogen) atoms. The number of benzene rings is 2. The van der Waals surface area contributed by atoms with Crippen molar-refractivity contribution in [1.82, 2.24) is 20.1 Å². The van der Waals surface area contributed by atoms with Gasteiger partial charge in [-0.05, 0) is 56.3 Å². The van der Waals surface area contributed by atoms with Crippen molar-refractivity contribution in [3.05, 3.63) is 63.9 Å². The fourth-order valence-electron chi connectivity index (χ4n) is 2.94. The summed E-state index contributed by atoms with van der Waals surface area (Å²) in [6.07, 6.45) is 0. The molecule has 174 valence electrons. The molecule has 11 heteroatoms. The Morgan fingerprint density at radius 1 is 1.12 bits per heavy atom. The molecule has 1 heterocycles. The molecule has 1 atom stereocenters. The number of ether oxygens (including phenoxy) is 1. The van der Waals surface area contributed by atoms with E-state index in [1.165, 1.54) is 17.8 Å². The lowest BCUT2D eigenvalue weighted by atomic mass is 10.2. The van der Waals surface area contributed by atoms with E-state index >= 15 is 0 Å². The third-order valence-electron chi connectivity index (χ3n) is 4.57. The summed E-state index contributed by atoms with van der Waals surface area (Å²) in [4.78, 5) is 24.8. The maximum absolute atomic E-state index is 12.5. The van der Waals surface area contributed by atoms with Crippen LogP contribution in [-0.2, 0) is 11.8 Å². The molecule has 3 rings (SSSR count). The molecule has 3 aromatic rings. The number of amides is 2. The van der Waals surface area contributed by atoms with E-state index in [4.69, 9.17) is 27.9 Å². The molecule has 0 saturated carbocycles. The van der Waals surface area contributed by atoms with Crippen molar-refractivity contribution in [1.29, 1.82) is 0 Å². The largest absolute Gasteiger partial charge is 0.494 e. The van der Waals surface area contributed by atoms with Crippen LogP contribution in [0.1, 0.15) is 36.1 Å². The van der Waals surface area contributed by atoms with E-state index in [1.54, 1.807) is 54.9 Å². The highest BCUT2D eigenvalue weighted by atomic mass is 35.5. The molecule has 8 nitrogen and oxygen atoms in total. The van der Waals surface area contributed by atoms with Gasteiger partial charge in [-0.3, -0.25) is 9.59 Å². The number of nitrogens with one attached hydrogen (secondary N) is 2. The van der Waals surface area contributed by atoms with Gasteiger partial charge in [-0.2, -0.15) is 0 Å². The molecular formula is C22H23Cl2N5O3S. The van der Waals surface area contributed by atoms with Gasteiger partial charge < -0.3 is 19.9 Å². The predicted molar refractivity (Wildman–Crippen MR) is 130 cm³/mol. The highest BCUT2D eigenvalue weighted by Gasteiger charge is 2.19. The first-order valence-corrected chi connectivity index (χ1v) is 11.8. The van der Waals surface area contributed by atoms with Gasteiger partial charge in [-0.25, -0.2) is 0 Å². The molecule has 0 radical (unpaired) electrons. The van der Waals surface area contributed by atoms with E-state index in [-0.39, 0.29) is 17.6 Å². The average Bonchev–Trinajstić information content (AvgIpc) is 3.16. The summed E-state index contributed by atoms with van der Waals surface area (Å²) in [5.41, 5.74) is 1.07.